The lowest BCUT2D eigenvalue weighted by molar-refractivity contribution is -0.302. The SMILES string of the molecule is CCC/C=C\CCCCCCCC(=O)NC(COC1OC(CO)C(O)C(O)C1O)C(O)/C=C/CCCCCCCCCCCCCCCCCCCCCCCCCCCCCC. The van der Waals surface area contributed by atoms with Crippen molar-refractivity contribution in [3.63, 3.8) is 0 Å². The van der Waals surface area contributed by atoms with E-state index in [9.17, 15) is 30.3 Å². The summed E-state index contributed by atoms with van der Waals surface area (Å²) in [7, 11) is 0. The van der Waals surface area contributed by atoms with Gasteiger partial charge in [0.15, 0.2) is 6.29 Å². The Morgan fingerprint density at radius 1 is 0.524 bits per heavy atom. The van der Waals surface area contributed by atoms with Crippen LogP contribution in [0.2, 0.25) is 0 Å². The Kier molecular flexibility index (Phi) is 42.2. The van der Waals surface area contributed by atoms with Gasteiger partial charge >= 0.3 is 0 Å². The number of unbranched alkanes of at least 4 members (excludes halogenated alkanes) is 34. The molecule has 372 valence electrons. The zero-order chi connectivity index (χ0) is 45.9. The molecule has 63 heavy (non-hydrogen) atoms. The molecule has 0 spiro atoms. The van der Waals surface area contributed by atoms with Crippen LogP contribution in [0.15, 0.2) is 24.3 Å². The molecule has 1 fully saturated rings. The Morgan fingerprint density at radius 3 is 1.35 bits per heavy atom. The van der Waals surface area contributed by atoms with Crippen molar-refractivity contribution >= 4 is 5.91 Å². The lowest BCUT2D eigenvalue weighted by Crippen LogP contribution is -2.60. The molecule has 6 N–H and O–H groups in total. The van der Waals surface area contributed by atoms with Gasteiger partial charge in [-0.05, 0) is 38.5 Å². The standard InChI is InChI=1S/C54H103NO8/c1-3-5-7-9-11-13-15-16-17-18-19-20-21-22-23-24-25-26-27-28-29-30-31-32-33-34-35-37-39-41-43-48(57)47(46-62-54-53(61)52(60)51(59)49(45-56)63-54)55-50(58)44-42-40-38-36-14-12-10-8-6-4-2/h8,10,41,43,47-49,51-54,56-57,59-61H,3-7,9,11-40,42,44-46H2,1-2H3,(H,55,58)/b10-8-,43-41+. The van der Waals surface area contributed by atoms with Gasteiger partial charge in [0.1, 0.15) is 24.4 Å². The highest BCUT2D eigenvalue weighted by molar-refractivity contribution is 5.76. The second-order valence-corrected chi connectivity index (χ2v) is 19.0. The van der Waals surface area contributed by atoms with Gasteiger partial charge in [0.05, 0.1) is 25.4 Å². The fourth-order valence-electron chi connectivity index (χ4n) is 8.69. The summed E-state index contributed by atoms with van der Waals surface area (Å²) in [5.41, 5.74) is 0. The highest BCUT2D eigenvalue weighted by Crippen LogP contribution is 2.23. The van der Waals surface area contributed by atoms with Crippen LogP contribution < -0.4 is 5.32 Å². The van der Waals surface area contributed by atoms with E-state index in [-0.39, 0.29) is 12.5 Å². The van der Waals surface area contributed by atoms with Crippen molar-refractivity contribution in [1.29, 1.82) is 0 Å². The number of nitrogens with one attached hydrogen (secondary N) is 1. The van der Waals surface area contributed by atoms with Gasteiger partial charge < -0.3 is 40.3 Å². The van der Waals surface area contributed by atoms with Crippen LogP contribution in [0.4, 0.5) is 0 Å². The van der Waals surface area contributed by atoms with Gasteiger partial charge in [-0.25, -0.2) is 0 Å². The summed E-state index contributed by atoms with van der Waals surface area (Å²) in [6, 6.07) is -0.806. The van der Waals surface area contributed by atoms with E-state index in [1.165, 1.54) is 173 Å². The molecule has 1 heterocycles. The monoisotopic (exact) mass is 894 g/mol. The first kappa shape index (κ1) is 59.7. The summed E-state index contributed by atoms with van der Waals surface area (Å²) in [5.74, 6) is -0.187. The van der Waals surface area contributed by atoms with Crippen LogP contribution in [0.25, 0.3) is 0 Å². The summed E-state index contributed by atoms with van der Waals surface area (Å²) in [6.07, 6.45) is 48.4. The van der Waals surface area contributed by atoms with Crippen LogP contribution >= 0.6 is 0 Å². The van der Waals surface area contributed by atoms with Gasteiger partial charge in [-0.3, -0.25) is 4.79 Å². The predicted octanol–water partition coefficient (Wildman–Crippen LogP) is 12.6. The van der Waals surface area contributed by atoms with Gasteiger partial charge in [-0.1, -0.05) is 237 Å². The average molecular weight is 894 g/mol. The largest absolute Gasteiger partial charge is 0.394 e. The number of aliphatic hydroxyl groups is 5. The normalized spacial score (nSPS) is 20.3. The van der Waals surface area contributed by atoms with Crippen LogP contribution in [0, 0.1) is 0 Å². The van der Waals surface area contributed by atoms with Crippen molar-refractivity contribution in [2.75, 3.05) is 13.2 Å². The molecular formula is C54H103NO8. The quantitative estimate of drug-likeness (QED) is 0.0261. The summed E-state index contributed by atoms with van der Waals surface area (Å²) in [4.78, 5) is 12.9. The molecule has 0 aliphatic carbocycles. The van der Waals surface area contributed by atoms with E-state index in [2.05, 4.69) is 31.3 Å². The Bertz CT molecular complexity index is 1040. The van der Waals surface area contributed by atoms with E-state index in [4.69, 9.17) is 9.47 Å². The van der Waals surface area contributed by atoms with Crippen LogP contribution in [0.1, 0.15) is 258 Å². The molecule has 7 atom stereocenters. The molecule has 0 aromatic carbocycles. The van der Waals surface area contributed by atoms with Gasteiger partial charge in [0.2, 0.25) is 5.91 Å². The van der Waals surface area contributed by atoms with Gasteiger partial charge in [0.25, 0.3) is 0 Å². The first-order chi connectivity index (χ1) is 30.8. The second kappa shape index (κ2) is 44.5. The number of carbonyl (C=O) groups is 1. The molecule has 0 aromatic heterocycles. The molecule has 0 radical (unpaired) electrons. The minimum Gasteiger partial charge on any atom is -0.394 e. The van der Waals surface area contributed by atoms with Crippen molar-refractivity contribution in [3.05, 3.63) is 24.3 Å². The molecule has 9 nitrogen and oxygen atoms in total. The Morgan fingerprint density at radius 2 is 0.921 bits per heavy atom. The first-order valence-corrected chi connectivity index (χ1v) is 27.1. The molecule has 0 bridgehead atoms. The van der Waals surface area contributed by atoms with Crippen molar-refractivity contribution in [3.8, 4) is 0 Å². The lowest BCUT2D eigenvalue weighted by Gasteiger charge is -2.40. The Balaban J connectivity index is 2.14. The third-order valence-electron chi connectivity index (χ3n) is 13.0. The van der Waals surface area contributed by atoms with E-state index >= 15 is 0 Å². The fraction of sp³-hybridized carbons (Fsp3) is 0.907. The maximum absolute atomic E-state index is 12.9. The third kappa shape index (κ3) is 34.6. The smallest absolute Gasteiger partial charge is 0.220 e. The Labute approximate surface area is 388 Å². The number of hydrogen-bond acceptors (Lipinski definition) is 8. The number of aliphatic hydroxyl groups excluding tert-OH is 5. The number of rotatable bonds is 46. The van der Waals surface area contributed by atoms with Crippen LogP contribution in [0.3, 0.4) is 0 Å². The van der Waals surface area contributed by atoms with Crippen molar-refractivity contribution in [1.82, 2.24) is 5.32 Å². The van der Waals surface area contributed by atoms with E-state index < -0.39 is 49.5 Å². The number of ether oxygens (including phenoxy) is 2. The van der Waals surface area contributed by atoms with Crippen LogP contribution in [-0.4, -0.2) is 87.5 Å². The van der Waals surface area contributed by atoms with Gasteiger partial charge in [0, 0.05) is 6.42 Å². The van der Waals surface area contributed by atoms with Crippen molar-refractivity contribution in [2.45, 2.75) is 301 Å². The van der Waals surface area contributed by atoms with Crippen molar-refractivity contribution < 1.29 is 39.8 Å². The summed E-state index contributed by atoms with van der Waals surface area (Å²) in [5, 5.41) is 54.2. The zero-order valence-corrected chi connectivity index (χ0v) is 41.1. The summed E-state index contributed by atoms with van der Waals surface area (Å²) in [6.45, 7) is 3.72. The minimum absolute atomic E-state index is 0.187. The van der Waals surface area contributed by atoms with E-state index in [1.54, 1.807) is 6.08 Å². The fourth-order valence-corrected chi connectivity index (χ4v) is 8.69. The van der Waals surface area contributed by atoms with E-state index in [0.29, 0.717) is 6.42 Å². The minimum atomic E-state index is -1.57. The predicted molar refractivity (Wildman–Crippen MR) is 263 cm³/mol. The molecule has 9 heteroatoms. The molecule has 1 amide bonds. The zero-order valence-electron chi connectivity index (χ0n) is 41.1. The molecule has 7 unspecified atom stereocenters. The summed E-state index contributed by atoms with van der Waals surface area (Å²) >= 11 is 0. The van der Waals surface area contributed by atoms with E-state index in [1.807, 2.05) is 6.08 Å². The maximum atomic E-state index is 12.9. The number of hydrogen-bond donors (Lipinski definition) is 6. The lowest BCUT2D eigenvalue weighted by atomic mass is 9.99. The van der Waals surface area contributed by atoms with Gasteiger partial charge in [-0.15, -0.1) is 0 Å². The van der Waals surface area contributed by atoms with Crippen LogP contribution in [-0.2, 0) is 14.3 Å². The molecule has 1 aliphatic rings. The van der Waals surface area contributed by atoms with Crippen LogP contribution in [0.5, 0.6) is 0 Å². The first-order valence-electron chi connectivity index (χ1n) is 27.1. The molecule has 0 saturated carbocycles. The Hall–Kier alpha value is -1.33. The molecule has 1 rings (SSSR count). The maximum Gasteiger partial charge on any atom is 0.220 e. The third-order valence-corrected chi connectivity index (χ3v) is 13.0. The molecule has 1 aliphatic heterocycles. The second-order valence-electron chi connectivity index (χ2n) is 19.0. The topological polar surface area (TPSA) is 149 Å². The number of amides is 1. The van der Waals surface area contributed by atoms with Crippen molar-refractivity contribution in [2.24, 2.45) is 0 Å². The molecular weight excluding hydrogens is 791 g/mol. The highest BCUT2D eigenvalue weighted by atomic mass is 16.7. The van der Waals surface area contributed by atoms with E-state index in [0.717, 1.165) is 64.2 Å². The number of allylic oxidation sites excluding steroid dienone is 3. The average Bonchev–Trinajstić information content (AvgIpc) is 3.28. The molecule has 0 aromatic rings. The summed E-state index contributed by atoms with van der Waals surface area (Å²) < 4.78 is 11.2. The number of carbonyl (C=O) groups excluding carboxylic acids is 1. The highest BCUT2D eigenvalue weighted by Gasteiger charge is 2.44. The molecule has 1 saturated heterocycles. The van der Waals surface area contributed by atoms with Gasteiger partial charge in [-0.2, -0.15) is 0 Å².